The SMILES string of the molecule is COc1ccc([C@@H](C)NC(=O)CN(Cc2ccc(Cl)cc2Cl)S(=O)(=O)c2ccc(C)cc2)cc1OC. The third-order valence-electron chi connectivity index (χ3n) is 5.63. The molecule has 0 radical (unpaired) electrons. The van der Waals surface area contributed by atoms with Gasteiger partial charge in [0.15, 0.2) is 11.5 Å². The van der Waals surface area contributed by atoms with E-state index in [9.17, 15) is 13.2 Å². The Kier molecular flexibility index (Phi) is 9.24. The summed E-state index contributed by atoms with van der Waals surface area (Å²) >= 11 is 12.3. The highest BCUT2D eigenvalue weighted by molar-refractivity contribution is 7.89. The second-order valence-electron chi connectivity index (χ2n) is 8.23. The average Bonchev–Trinajstić information content (AvgIpc) is 2.84. The van der Waals surface area contributed by atoms with Gasteiger partial charge in [-0.25, -0.2) is 8.42 Å². The number of nitrogens with one attached hydrogen (secondary N) is 1. The van der Waals surface area contributed by atoms with Gasteiger partial charge in [0.05, 0.1) is 31.7 Å². The van der Waals surface area contributed by atoms with Gasteiger partial charge in [-0.15, -0.1) is 0 Å². The molecular weight excluding hydrogens is 523 g/mol. The Morgan fingerprint density at radius 1 is 0.972 bits per heavy atom. The van der Waals surface area contributed by atoms with Crippen LogP contribution in [-0.2, 0) is 21.4 Å². The first-order valence-corrected chi connectivity index (χ1v) is 13.3. The van der Waals surface area contributed by atoms with Gasteiger partial charge < -0.3 is 14.8 Å². The first-order chi connectivity index (χ1) is 17.0. The molecule has 1 N–H and O–H groups in total. The first kappa shape index (κ1) is 27.8. The minimum absolute atomic E-state index is 0.0823. The largest absolute Gasteiger partial charge is 0.493 e. The molecule has 0 saturated carbocycles. The van der Waals surface area contributed by atoms with Gasteiger partial charge in [0.2, 0.25) is 15.9 Å². The molecule has 0 aromatic heterocycles. The number of carbonyl (C=O) groups is 1. The molecule has 10 heteroatoms. The average molecular weight is 551 g/mol. The van der Waals surface area contributed by atoms with E-state index in [0.29, 0.717) is 27.1 Å². The first-order valence-electron chi connectivity index (χ1n) is 11.1. The number of benzene rings is 3. The van der Waals surface area contributed by atoms with Gasteiger partial charge >= 0.3 is 0 Å². The normalized spacial score (nSPS) is 12.3. The van der Waals surface area contributed by atoms with E-state index >= 15 is 0 Å². The van der Waals surface area contributed by atoms with Gasteiger partial charge in [-0.3, -0.25) is 4.79 Å². The standard InChI is InChI=1S/C26H28Cl2N2O5S/c1-17-5-10-22(11-6-17)36(32,33)30(15-20-7-9-21(27)14-23(20)28)16-26(31)29-18(2)19-8-12-24(34-3)25(13-19)35-4/h5-14,18H,15-16H2,1-4H3,(H,29,31)/t18-/m1/s1. The van der Waals surface area contributed by atoms with Crippen LogP contribution in [0.25, 0.3) is 0 Å². The molecule has 0 aliphatic heterocycles. The van der Waals surface area contributed by atoms with Crippen LogP contribution in [0.15, 0.2) is 65.6 Å². The molecule has 0 spiro atoms. The maximum Gasteiger partial charge on any atom is 0.243 e. The quantitative estimate of drug-likeness (QED) is 0.366. The van der Waals surface area contributed by atoms with Crippen molar-refractivity contribution in [3.8, 4) is 11.5 Å². The molecule has 7 nitrogen and oxygen atoms in total. The molecule has 0 saturated heterocycles. The Balaban J connectivity index is 1.86. The van der Waals surface area contributed by atoms with Gasteiger partial charge in [-0.2, -0.15) is 4.31 Å². The van der Waals surface area contributed by atoms with Crippen LogP contribution in [0, 0.1) is 6.92 Å². The summed E-state index contributed by atoms with van der Waals surface area (Å²) in [5.74, 6) is 0.616. The zero-order valence-corrected chi connectivity index (χ0v) is 22.7. The van der Waals surface area contributed by atoms with Crippen molar-refractivity contribution in [2.45, 2.75) is 31.3 Å². The summed E-state index contributed by atoms with van der Waals surface area (Å²) in [6.07, 6.45) is 0. The molecular formula is C26H28Cl2N2O5S. The zero-order chi connectivity index (χ0) is 26.5. The van der Waals surface area contributed by atoms with Crippen molar-refractivity contribution >= 4 is 39.1 Å². The van der Waals surface area contributed by atoms with Gasteiger partial charge in [-0.05, 0) is 61.4 Å². The van der Waals surface area contributed by atoms with Crippen molar-refractivity contribution in [2.24, 2.45) is 0 Å². The van der Waals surface area contributed by atoms with Crippen molar-refractivity contribution in [3.05, 3.63) is 87.4 Å². The fraction of sp³-hybridized carbons (Fsp3) is 0.269. The van der Waals surface area contributed by atoms with Crippen LogP contribution in [0.1, 0.15) is 29.7 Å². The molecule has 3 rings (SSSR count). The maximum absolute atomic E-state index is 13.5. The number of ether oxygens (including phenoxy) is 2. The van der Waals surface area contributed by atoms with Crippen LogP contribution in [0.4, 0.5) is 0 Å². The molecule has 36 heavy (non-hydrogen) atoms. The monoisotopic (exact) mass is 550 g/mol. The maximum atomic E-state index is 13.5. The molecule has 0 bridgehead atoms. The molecule has 0 fully saturated rings. The Labute approximate surface area is 222 Å². The molecule has 0 aliphatic rings. The molecule has 3 aromatic rings. The Hall–Kier alpha value is -2.78. The third kappa shape index (κ3) is 6.70. The predicted molar refractivity (Wildman–Crippen MR) is 141 cm³/mol. The molecule has 1 atom stereocenters. The van der Waals surface area contributed by atoms with Crippen LogP contribution < -0.4 is 14.8 Å². The second kappa shape index (κ2) is 12.0. The van der Waals surface area contributed by atoms with Crippen LogP contribution in [-0.4, -0.2) is 39.4 Å². The lowest BCUT2D eigenvalue weighted by Crippen LogP contribution is -2.41. The lowest BCUT2D eigenvalue weighted by Gasteiger charge is -2.24. The molecule has 192 valence electrons. The lowest BCUT2D eigenvalue weighted by atomic mass is 10.1. The van der Waals surface area contributed by atoms with Crippen molar-refractivity contribution in [3.63, 3.8) is 0 Å². The summed E-state index contributed by atoms with van der Waals surface area (Å²) in [4.78, 5) is 13.1. The summed E-state index contributed by atoms with van der Waals surface area (Å²) in [5, 5.41) is 3.60. The van der Waals surface area contributed by atoms with Crippen molar-refractivity contribution in [1.82, 2.24) is 9.62 Å². The minimum atomic E-state index is -4.01. The van der Waals surface area contributed by atoms with Gasteiger partial charge in [-0.1, -0.05) is 53.0 Å². The fourth-order valence-electron chi connectivity index (χ4n) is 3.58. The second-order valence-corrected chi connectivity index (χ2v) is 11.0. The zero-order valence-electron chi connectivity index (χ0n) is 20.4. The van der Waals surface area contributed by atoms with Crippen LogP contribution >= 0.6 is 23.2 Å². The number of methoxy groups -OCH3 is 2. The minimum Gasteiger partial charge on any atom is -0.493 e. The number of hydrogen-bond acceptors (Lipinski definition) is 5. The van der Waals surface area contributed by atoms with Gasteiger partial charge in [0.1, 0.15) is 0 Å². The number of halogens is 2. The molecule has 3 aromatic carbocycles. The van der Waals surface area contributed by atoms with Crippen molar-refractivity contribution in [1.29, 1.82) is 0 Å². The van der Waals surface area contributed by atoms with E-state index < -0.39 is 28.5 Å². The Morgan fingerprint density at radius 3 is 2.25 bits per heavy atom. The summed E-state index contributed by atoms with van der Waals surface area (Å²) in [6, 6.07) is 16.2. The molecule has 0 aliphatic carbocycles. The van der Waals surface area contributed by atoms with E-state index in [0.717, 1.165) is 15.4 Å². The fourth-order valence-corrected chi connectivity index (χ4v) is 5.42. The highest BCUT2D eigenvalue weighted by atomic mass is 35.5. The van der Waals surface area contributed by atoms with Crippen molar-refractivity contribution in [2.75, 3.05) is 20.8 Å². The number of sulfonamides is 1. The van der Waals surface area contributed by atoms with E-state index in [1.165, 1.54) is 25.3 Å². The Morgan fingerprint density at radius 2 is 1.64 bits per heavy atom. The number of carbonyl (C=O) groups excluding carboxylic acids is 1. The lowest BCUT2D eigenvalue weighted by molar-refractivity contribution is -0.122. The predicted octanol–water partition coefficient (Wildman–Crippen LogP) is 5.39. The highest BCUT2D eigenvalue weighted by Crippen LogP contribution is 2.30. The van der Waals surface area contributed by atoms with E-state index in [-0.39, 0.29) is 11.4 Å². The van der Waals surface area contributed by atoms with E-state index in [1.807, 2.05) is 6.92 Å². The number of rotatable bonds is 10. The highest BCUT2D eigenvalue weighted by Gasteiger charge is 2.28. The van der Waals surface area contributed by atoms with E-state index in [4.69, 9.17) is 32.7 Å². The van der Waals surface area contributed by atoms with Crippen LogP contribution in [0.5, 0.6) is 11.5 Å². The summed E-state index contributed by atoms with van der Waals surface area (Å²) in [5.41, 5.74) is 2.22. The van der Waals surface area contributed by atoms with Gasteiger partial charge in [0, 0.05) is 16.6 Å². The summed E-state index contributed by atoms with van der Waals surface area (Å²) in [7, 11) is -0.945. The van der Waals surface area contributed by atoms with E-state index in [2.05, 4.69) is 5.32 Å². The van der Waals surface area contributed by atoms with Crippen LogP contribution in [0.3, 0.4) is 0 Å². The molecule has 0 heterocycles. The number of hydrogen-bond donors (Lipinski definition) is 1. The number of amides is 1. The Bertz CT molecular complexity index is 1330. The topological polar surface area (TPSA) is 84.9 Å². The smallest absolute Gasteiger partial charge is 0.243 e. The molecule has 0 unspecified atom stereocenters. The summed E-state index contributed by atoms with van der Waals surface area (Å²) < 4.78 is 38.7. The van der Waals surface area contributed by atoms with Crippen LogP contribution in [0.2, 0.25) is 10.0 Å². The van der Waals surface area contributed by atoms with Crippen molar-refractivity contribution < 1.29 is 22.7 Å². The summed E-state index contributed by atoms with van der Waals surface area (Å²) in [6.45, 7) is 3.15. The molecule has 1 amide bonds. The van der Waals surface area contributed by atoms with Gasteiger partial charge in [0.25, 0.3) is 0 Å². The third-order valence-corrected chi connectivity index (χ3v) is 8.02. The number of aryl methyl sites for hydroxylation is 1. The number of nitrogens with zero attached hydrogens (tertiary/aromatic N) is 1. The van der Waals surface area contributed by atoms with E-state index in [1.54, 1.807) is 56.5 Å².